The van der Waals surface area contributed by atoms with E-state index >= 15 is 0 Å². The number of nitrogens with one attached hydrogen (secondary N) is 1. The van der Waals surface area contributed by atoms with Crippen molar-refractivity contribution in [3.63, 3.8) is 0 Å². The quantitative estimate of drug-likeness (QED) is 0.912. The van der Waals surface area contributed by atoms with Gasteiger partial charge < -0.3 is 11.1 Å². The molecule has 22 heavy (non-hydrogen) atoms. The second kappa shape index (κ2) is 6.09. The fourth-order valence-corrected chi connectivity index (χ4v) is 3.45. The van der Waals surface area contributed by atoms with Gasteiger partial charge in [-0.1, -0.05) is 49.2 Å². The summed E-state index contributed by atoms with van der Waals surface area (Å²) >= 11 is 0. The van der Waals surface area contributed by atoms with E-state index in [-0.39, 0.29) is 17.4 Å². The van der Waals surface area contributed by atoms with Crippen LogP contribution < -0.4 is 11.1 Å². The van der Waals surface area contributed by atoms with E-state index < -0.39 is 0 Å². The smallest absolute Gasteiger partial charge is 0.225 e. The molecule has 2 aromatic rings. The van der Waals surface area contributed by atoms with Crippen LogP contribution in [0.4, 0.5) is 0 Å². The van der Waals surface area contributed by atoms with E-state index in [9.17, 15) is 4.79 Å². The van der Waals surface area contributed by atoms with E-state index in [4.69, 9.17) is 5.73 Å². The fourth-order valence-electron chi connectivity index (χ4n) is 3.45. The molecule has 0 spiro atoms. The van der Waals surface area contributed by atoms with Crippen molar-refractivity contribution in [2.75, 3.05) is 0 Å². The van der Waals surface area contributed by atoms with Gasteiger partial charge in [0.2, 0.25) is 5.91 Å². The Morgan fingerprint density at radius 3 is 2.77 bits per heavy atom. The molecule has 3 N–H and O–H groups in total. The molecule has 2 aromatic carbocycles. The van der Waals surface area contributed by atoms with Gasteiger partial charge >= 0.3 is 0 Å². The lowest BCUT2D eigenvalue weighted by molar-refractivity contribution is -0.128. The Hall–Kier alpha value is -1.87. The Balaban J connectivity index is 1.66. The molecular weight excluding hydrogens is 272 g/mol. The fraction of sp³-hybridized carbons (Fsp3) is 0.421. The lowest BCUT2D eigenvalue weighted by Gasteiger charge is -2.37. The van der Waals surface area contributed by atoms with Crippen LogP contribution >= 0.6 is 0 Å². The summed E-state index contributed by atoms with van der Waals surface area (Å²) in [4.78, 5) is 12.5. The third kappa shape index (κ3) is 3.14. The normalized spacial score (nSPS) is 25.1. The van der Waals surface area contributed by atoms with Crippen LogP contribution in [0.3, 0.4) is 0 Å². The first-order valence-electron chi connectivity index (χ1n) is 8.10. The van der Waals surface area contributed by atoms with Crippen molar-refractivity contribution in [2.45, 2.75) is 44.7 Å². The SMILES string of the molecule is CC1(N)CCCCC1C(=O)NCc1ccc2ccccc2c1. The number of rotatable bonds is 3. The second-order valence-corrected chi connectivity index (χ2v) is 6.70. The number of hydrogen-bond donors (Lipinski definition) is 2. The van der Waals surface area contributed by atoms with E-state index in [0.717, 1.165) is 31.2 Å². The predicted octanol–water partition coefficient (Wildman–Crippen LogP) is 3.36. The highest BCUT2D eigenvalue weighted by atomic mass is 16.1. The number of nitrogens with two attached hydrogens (primary N) is 1. The van der Waals surface area contributed by atoms with Gasteiger partial charge in [0.05, 0.1) is 5.92 Å². The van der Waals surface area contributed by atoms with Crippen molar-refractivity contribution in [2.24, 2.45) is 11.7 Å². The molecule has 3 nitrogen and oxygen atoms in total. The molecule has 1 aliphatic carbocycles. The van der Waals surface area contributed by atoms with Crippen molar-refractivity contribution in [3.8, 4) is 0 Å². The number of amides is 1. The number of fused-ring (bicyclic) bond motifs is 1. The van der Waals surface area contributed by atoms with E-state index in [1.165, 1.54) is 10.8 Å². The van der Waals surface area contributed by atoms with E-state index in [1.54, 1.807) is 0 Å². The maximum Gasteiger partial charge on any atom is 0.225 e. The molecule has 1 aliphatic rings. The van der Waals surface area contributed by atoms with Crippen molar-refractivity contribution >= 4 is 16.7 Å². The monoisotopic (exact) mass is 296 g/mol. The van der Waals surface area contributed by atoms with Crippen LogP contribution in [0.1, 0.15) is 38.2 Å². The Morgan fingerprint density at radius 1 is 1.23 bits per heavy atom. The largest absolute Gasteiger partial charge is 0.352 e. The molecule has 3 rings (SSSR count). The molecular formula is C19H24N2O. The summed E-state index contributed by atoms with van der Waals surface area (Å²) in [6, 6.07) is 14.6. The molecule has 0 aliphatic heterocycles. The van der Waals surface area contributed by atoms with Crippen molar-refractivity contribution in [1.29, 1.82) is 0 Å². The number of carbonyl (C=O) groups excluding carboxylic acids is 1. The van der Waals surface area contributed by atoms with E-state index in [0.29, 0.717) is 6.54 Å². The summed E-state index contributed by atoms with van der Waals surface area (Å²) < 4.78 is 0. The average Bonchev–Trinajstić information content (AvgIpc) is 2.52. The highest BCUT2D eigenvalue weighted by Gasteiger charge is 2.37. The molecule has 0 radical (unpaired) electrons. The third-order valence-electron chi connectivity index (χ3n) is 4.85. The lowest BCUT2D eigenvalue weighted by Crippen LogP contribution is -2.52. The number of benzene rings is 2. The summed E-state index contributed by atoms with van der Waals surface area (Å²) in [6.45, 7) is 2.57. The van der Waals surface area contributed by atoms with Crippen LogP contribution in [0.5, 0.6) is 0 Å². The molecule has 0 aromatic heterocycles. The molecule has 1 saturated carbocycles. The van der Waals surface area contributed by atoms with Gasteiger partial charge in [0.25, 0.3) is 0 Å². The second-order valence-electron chi connectivity index (χ2n) is 6.70. The molecule has 2 unspecified atom stereocenters. The number of carbonyl (C=O) groups is 1. The first kappa shape index (κ1) is 15.0. The van der Waals surface area contributed by atoms with Gasteiger partial charge in [0.1, 0.15) is 0 Å². The summed E-state index contributed by atoms with van der Waals surface area (Å²) in [5.41, 5.74) is 7.06. The summed E-state index contributed by atoms with van der Waals surface area (Å²) in [5.74, 6) is 0.0274. The first-order valence-corrected chi connectivity index (χ1v) is 8.10. The van der Waals surface area contributed by atoms with Crippen LogP contribution in [0.15, 0.2) is 42.5 Å². The van der Waals surface area contributed by atoms with Crippen molar-refractivity contribution in [3.05, 3.63) is 48.0 Å². The zero-order valence-corrected chi connectivity index (χ0v) is 13.1. The van der Waals surface area contributed by atoms with Crippen LogP contribution in [-0.4, -0.2) is 11.4 Å². The minimum atomic E-state index is -0.369. The van der Waals surface area contributed by atoms with E-state index in [1.807, 2.05) is 19.1 Å². The molecule has 1 amide bonds. The van der Waals surface area contributed by atoms with Gasteiger partial charge in [-0.15, -0.1) is 0 Å². The Kier molecular flexibility index (Phi) is 4.16. The van der Waals surface area contributed by atoms with Crippen LogP contribution in [-0.2, 0) is 11.3 Å². The Labute approximate surface area is 131 Å². The average molecular weight is 296 g/mol. The van der Waals surface area contributed by atoms with Crippen LogP contribution in [0.2, 0.25) is 0 Å². The maximum absolute atomic E-state index is 12.5. The molecule has 1 fully saturated rings. The highest BCUT2D eigenvalue weighted by Crippen LogP contribution is 2.31. The standard InChI is InChI=1S/C19H24N2O/c1-19(20)11-5-4-8-17(19)18(22)21-13-14-9-10-15-6-2-3-7-16(15)12-14/h2-3,6-7,9-10,12,17H,4-5,8,11,13,20H2,1H3,(H,21,22). The third-order valence-corrected chi connectivity index (χ3v) is 4.85. The minimum Gasteiger partial charge on any atom is -0.352 e. The summed E-state index contributed by atoms with van der Waals surface area (Å²) in [5, 5.41) is 5.50. The molecule has 0 bridgehead atoms. The van der Waals surface area contributed by atoms with Gasteiger partial charge in [-0.25, -0.2) is 0 Å². The highest BCUT2D eigenvalue weighted by molar-refractivity contribution is 5.83. The number of hydrogen-bond acceptors (Lipinski definition) is 2. The maximum atomic E-state index is 12.5. The van der Waals surface area contributed by atoms with Crippen LogP contribution in [0, 0.1) is 5.92 Å². The van der Waals surface area contributed by atoms with Gasteiger partial charge in [-0.05, 0) is 42.2 Å². The summed E-state index contributed by atoms with van der Waals surface area (Å²) in [7, 11) is 0. The van der Waals surface area contributed by atoms with E-state index in [2.05, 4.69) is 35.6 Å². The molecule has 0 saturated heterocycles. The zero-order valence-electron chi connectivity index (χ0n) is 13.1. The lowest BCUT2D eigenvalue weighted by atomic mass is 9.74. The molecule has 116 valence electrons. The van der Waals surface area contributed by atoms with Crippen molar-refractivity contribution in [1.82, 2.24) is 5.32 Å². The Bertz CT molecular complexity index is 678. The van der Waals surface area contributed by atoms with Crippen LogP contribution in [0.25, 0.3) is 10.8 Å². The molecule has 0 heterocycles. The molecule has 2 atom stereocenters. The van der Waals surface area contributed by atoms with Gasteiger partial charge in [0.15, 0.2) is 0 Å². The topological polar surface area (TPSA) is 55.1 Å². The minimum absolute atomic E-state index is 0.0679. The first-order chi connectivity index (χ1) is 10.6. The Morgan fingerprint density at radius 2 is 2.00 bits per heavy atom. The van der Waals surface area contributed by atoms with Crippen molar-refractivity contribution < 1.29 is 4.79 Å². The predicted molar refractivity (Wildman–Crippen MR) is 90.3 cm³/mol. The van der Waals surface area contributed by atoms with Gasteiger partial charge in [0, 0.05) is 12.1 Å². The zero-order chi connectivity index (χ0) is 15.6. The van der Waals surface area contributed by atoms with Gasteiger partial charge in [-0.2, -0.15) is 0 Å². The summed E-state index contributed by atoms with van der Waals surface area (Å²) in [6.07, 6.45) is 4.06. The van der Waals surface area contributed by atoms with Gasteiger partial charge in [-0.3, -0.25) is 4.79 Å². The molecule has 3 heteroatoms.